The van der Waals surface area contributed by atoms with E-state index in [1.165, 1.54) is 10.4 Å². The lowest BCUT2D eigenvalue weighted by molar-refractivity contribution is -0.130. The van der Waals surface area contributed by atoms with Gasteiger partial charge in [-0.1, -0.05) is 6.42 Å². The van der Waals surface area contributed by atoms with Crippen molar-refractivity contribution in [2.75, 3.05) is 26.2 Å². The number of rotatable bonds is 4. The van der Waals surface area contributed by atoms with Crippen LogP contribution in [0.15, 0.2) is 11.4 Å². The second kappa shape index (κ2) is 7.81. The third-order valence-corrected chi connectivity index (χ3v) is 5.67. The minimum absolute atomic E-state index is 0.0176. The van der Waals surface area contributed by atoms with E-state index in [9.17, 15) is 9.59 Å². The summed E-state index contributed by atoms with van der Waals surface area (Å²) in [5, 5.41) is 5.10. The minimum Gasteiger partial charge on any atom is -0.343 e. The molecule has 23 heavy (non-hydrogen) atoms. The van der Waals surface area contributed by atoms with Crippen molar-refractivity contribution in [3.05, 3.63) is 21.9 Å². The Kier molecular flexibility index (Phi) is 5.54. The van der Waals surface area contributed by atoms with Crippen LogP contribution in [0.4, 0.5) is 4.79 Å². The molecular formula is C17H25N3O2S. The van der Waals surface area contributed by atoms with Gasteiger partial charge in [0.25, 0.3) is 0 Å². The molecule has 1 saturated heterocycles. The molecule has 2 aliphatic heterocycles. The van der Waals surface area contributed by atoms with Gasteiger partial charge in [-0.15, -0.1) is 11.3 Å². The molecule has 0 aromatic carbocycles. The molecule has 0 bridgehead atoms. The van der Waals surface area contributed by atoms with E-state index in [1.54, 1.807) is 11.3 Å². The van der Waals surface area contributed by atoms with E-state index in [0.717, 1.165) is 58.3 Å². The summed E-state index contributed by atoms with van der Waals surface area (Å²) in [6, 6.07) is 2.13. The zero-order valence-electron chi connectivity index (χ0n) is 13.6. The van der Waals surface area contributed by atoms with Gasteiger partial charge < -0.3 is 15.1 Å². The quantitative estimate of drug-likeness (QED) is 0.860. The molecule has 6 heteroatoms. The van der Waals surface area contributed by atoms with Crippen LogP contribution < -0.4 is 5.32 Å². The highest BCUT2D eigenvalue weighted by Gasteiger charge is 2.21. The highest BCUT2D eigenvalue weighted by molar-refractivity contribution is 7.10. The molecule has 2 aliphatic rings. The van der Waals surface area contributed by atoms with Gasteiger partial charge in [-0.05, 0) is 42.7 Å². The summed E-state index contributed by atoms with van der Waals surface area (Å²) in [4.78, 5) is 29.4. The third-order valence-electron chi connectivity index (χ3n) is 4.65. The first-order valence-corrected chi connectivity index (χ1v) is 9.48. The van der Waals surface area contributed by atoms with Crippen LogP contribution in [0.5, 0.6) is 0 Å². The van der Waals surface area contributed by atoms with Gasteiger partial charge in [0.05, 0.1) is 0 Å². The number of nitrogens with zero attached hydrogens (tertiary/aromatic N) is 2. The average Bonchev–Trinajstić information content (AvgIpc) is 2.94. The summed E-state index contributed by atoms with van der Waals surface area (Å²) >= 11 is 1.78. The molecule has 0 spiro atoms. The molecule has 3 amide bonds. The number of carbonyl (C=O) groups excluding carboxylic acids is 2. The van der Waals surface area contributed by atoms with E-state index in [0.29, 0.717) is 13.0 Å². The van der Waals surface area contributed by atoms with Gasteiger partial charge in [0.1, 0.15) is 0 Å². The summed E-state index contributed by atoms with van der Waals surface area (Å²) in [6.45, 7) is 3.78. The number of fused-ring (bicyclic) bond motifs is 1. The SMILES string of the molecule is O=C1CCCCCN1CCCNC(=O)N1CCc2sccc2C1. The molecule has 5 nitrogen and oxygen atoms in total. The molecule has 1 fully saturated rings. The van der Waals surface area contributed by atoms with Crippen molar-refractivity contribution in [3.63, 3.8) is 0 Å². The Morgan fingerprint density at radius 2 is 2.13 bits per heavy atom. The highest BCUT2D eigenvalue weighted by Crippen LogP contribution is 2.23. The normalized spacial score (nSPS) is 18.5. The monoisotopic (exact) mass is 335 g/mol. The molecule has 126 valence electrons. The lowest BCUT2D eigenvalue weighted by Gasteiger charge is -2.27. The average molecular weight is 335 g/mol. The third kappa shape index (κ3) is 4.25. The summed E-state index contributed by atoms with van der Waals surface area (Å²) in [5.41, 5.74) is 1.28. The van der Waals surface area contributed by atoms with Crippen LogP contribution in [0.1, 0.15) is 42.5 Å². The number of carbonyl (C=O) groups is 2. The van der Waals surface area contributed by atoms with Crippen molar-refractivity contribution in [1.82, 2.24) is 15.1 Å². The molecule has 0 radical (unpaired) electrons. The summed E-state index contributed by atoms with van der Waals surface area (Å²) in [5.74, 6) is 0.273. The number of hydrogen-bond donors (Lipinski definition) is 1. The second-order valence-electron chi connectivity index (χ2n) is 6.32. The highest BCUT2D eigenvalue weighted by atomic mass is 32.1. The molecular weight excluding hydrogens is 310 g/mol. The Morgan fingerprint density at radius 3 is 3.04 bits per heavy atom. The van der Waals surface area contributed by atoms with Gasteiger partial charge in [-0.3, -0.25) is 4.79 Å². The van der Waals surface area contributed by atoms with Crippen LogP contribution in [-0.4, -0.2) is 47.9 Å². The maximum absolute atomic E-state index is 12.2. The number of urea groups is 1. The van der Waals surface area contributed by atoms with E-state index in [4.69, 9.17) is 0 Å². The van der Waals surface area contributed by atoms with Crippen molar-refractivity contribution in [2.24, 2.45) is 0 Å². The summed E-state index contributed by atoms with van der Waals surface area (Å²) < 4.78 is 0. The molecule has 0 atom stereocenters. The largest absolute Gasteiger partial charge is 0.343 e. The Labute approximate surface area is 141 Å². The Hall–Kier alpha value is -1.56. The van der Waals surface area contributed by atoms with Crippen LogP contribution in [-0.2, 0) is 17.8 Å². The standard InChI is InChI=1S/C17H25N3O2S/c21-16-5-2-1-3-9-19(16)10-4-8-18-17(22)20-11-6-15-14(13-20)7-12-23-15/h7,12H,1-6,8-11,13H2,(H,18,22). The summed E-state index contributed by atoms with van der Waals surface area (Å²) in [7, 11) is 0. The smallest absolute Gasteiger partial charge is 0.317 e. The maximum atomic E-state index is 12.2. The fraction of sp³-hybridized carbons (Fsp3) is 0.647. The van der Waals surface area contributed by atoms with E-state index >= 15 is 0 Å². The van der Waals surface area contributed by atoms with Gasteiger partial charge in [-0.2, -0.15) is 0 Å². The van der Waals surface area contributed by atoms with Crippen molar-refractivity contribution in [2.45, 2.75) is 45.1 Å². The van der Waals surface area contributed by atoms with Crippen LogP contribution in [0, 0.1) is 0 Å². The van der Waals surface area contributed by atoms with Gasteiger partial charge in [0, 0.05) is 44.0 Å². The van der Waals surface area contributed by atoms with Gasteiger partial charge in [0.2, 0.25) is 5.91 Å². The Bertz CT molecular complexity index is 558. The van der Waals surface area contributed by atoms with Crippen molar-refractivity contribution < 1.29 is 9.59 Å². The van der Waals surface area contributed by atoms with Gasteiger partial charge in [-0.25, -0.2) is 4.79 Å². The van der Waals surface area contributed by atoms with Crippen LogP contribution in [0.2, 0.25) is 0 Å². The topological polar surface area (TPSA) is 52.7 Å². The van der Waals surface area contributed by atoms with Crippen molar-refractivity contribution in [3.8, 4) is 0 Å². The number of thiophene rings is 1. The minimum atomic E-state index is 0.0176. The first kappa shape index (κ1) is 16.3. The van der Waals surface area contributed by atoms with Crippen LogP contribution in [0.25, 0.3) is 0 Å². The Balaban J connectivity index is 1.37. The van der Waals surface area contributed by atoms with Crippen LogP contribution in [0.3, 0.4) is 0 Å². The zero-order chi connectivity index (χ0) is 16.1. The summed E-state index contributed by atoms with van der Waals surface area (Å²) in [6.07, 6.45) is 5.75. The number of likely N-dealkylation sites (tertiary alicyclic amines) is 1. The molecule has 1 aromatic rings. The fourth-order valence-electron chi connectivity index (χ4n) is 3.27. The van der Waals surface area contributed by atoms with Crippen molar-refractivity contribution >= 4 is 23.3 Å². The lowest BCUT2D eigenvalue weighted by Crippen LogP contribution is -2.43. The fourth-order valence-corrected chi connectivity index (χ4v) is 4.16. The maximum Gasteiger partial charge on any atom is 0.317 e. The zero-order valence-corrected chi connectivity index (χ0v) is 14.4. The van der Waals surface area contributed by atoms with Gasteiger partial charge in [0.15, 0.2) is 0 Å². The Morgan fingerprint density at radius 1 is 1.22 bits per heavy atom. The molecule has 0 unspecified atom stereocenters. The lowest BCUT2D eigenvalue weighted by atomic mass is 10.1. The molecule has 1 N–H and O–H groups in total. The first-order chi connectivity index (χ1) is 11.2. The molecule has 0 saturated carbocycles. The second-order valence-corrected chi connectivity index (χ2v) is 7.32. The van der Waals surface area contributed by atoms with Gasteiger partial charge >= 0.3 is 6.03 Å². The molecule has 3 rings (SSSR count). The van der Waals surface area contributed by atoms with E-state index in [2.05, 4.69) is 16.8 Å². The van der Waals surface area contributed by atoms with Crippen LogP contribution >= 0.6 is 11.3 Å². The first-order valence-electron chi connectivity index (χ1n) is 8.60. The number of hydrogen-bond acceptors (Lipinski definition) is 3. The number of amides is 3. The van der Waals surface area contributed by atoms with E-state index in [1.807, 2.05) is 9.80 Å². The molecule has 3 heterocycles. The number of nitrogens with one attached hydrogen (secondary N) is 1. The predicted octanol–water partition coefficient (Wildman–Crippen LogP) is 2.61. The molecule has 1 aromatic heterocycles. The molecule has 0 aliphatic carbocycles. The predicted molar refractivity (Wildman–Crippen MR) is 91.5 cm³/mol. The van der Waals surface area contributed by atoms with Crippen molar-refractivity contribution in [1.29, 1.82) is 0 Å². The van der Waals surface area contributed by atoms with E-state index in [-0.39, 0.29) is 11.9 Å². The van der Waals surface area contributed by atoms with E-state index < -0.39 is 0 Å².